The number of likely N-dealkylation sites (tertiary alicyclic amines) is 1. The van der Waals surface area contributed by atoms with Crippen LogP contribution < -0.4 is 4.90 Å². The number of para-hydroxylation sites is 1. The Morgan fingerprint density at radius 3 is 2.50 bits per heavy atom. The summed E-state index contributed by atoms with van der Waals surface area (Å²) in [5.41, 5.74) is 1.67. The molecule has 1 aliphatic heterocycles. The average Bonchev–Trinajstić information content (AvgIpc) is 3.10. The maximum atomic E-state index is 13.5. The Bertz CT molecular complexity index is 928. The van der Waals surface area contributed by atoms with E-state index in [1.165, 1.54) is 12.1 Å². The van der Waals surface area contributed by atoms with E-state index < -0.39 is 0 Å². The number of carbonyl (C=O) groups is 1. The Labute approximate surface area is 168 Å². The van der Waals surface area contributed by atoms with Crippen molar-refractivity contribution in [2.24, 2.45) is 0 Å². The van der Waals surface area contributed by atoms with Crippen LogP contribution >= 0.6 is 11.3 Å². The van der Waals surface area contributed by atoms with E-state index in [-0.39, 0.29) is 30.4 Å². The molecule has 1 fully saturated rings. The molecule has 0 radical (unpaired) electrons. The highest BCUT2D eigenvalue weighted by molar-refractivity contribution is 7.22. The number of halogens is 1. The molecule has 3 aromatic rings. The molecule has 0 aliphatic carbocycles. The predicted molar refractivity (Wildman–Crippen MR) is 113 cm³/mol. The molecule has 0 N–H and O–H groups in total. The van der Waals surface area contributed by atoms with Crippen molar-refractivity contribution in [3.8, 4) is 0 Å². The van der Waals surface area contributed by atoms with E-state index in [4.69, 9.17) is 4.98 Å². The van der Waals surface area contributed by atoms with E-state index in [2.05, 4.69) is 13.8 Å². The first-order chi connectivity index (χ1) is 13.5. The van der Waals surface area contributed by atoms with E-state index in [0.717, 1.165) is 40.3 Å². The highest BCUT2D eigenvalue weighted by Gasteiger charge is 2.30. The molecule has 2 atom stereocenters. The lowest BCUT2D eigenvalue weighted by atomic mass is 9.97. The number of rotatable bonds is 4. The SMILES string of the molecule is C[C@@H]1CCC[C@@H](C)N1C(=O)CN(c1ccc(F)cc1)c1nc2ccccc2s1. The molecule has 6 heteroatoms. The molecule has 1 aliphatic rings. The molecule has 2 aromatic carbocycles. The topological polar surface area (TPSA) is 36.4 Å². The average molecular weight is 398 g/mol. The van der Waals surface area contributed by atoms with Crippen LogP contribution in [0.4, 0.5) is 15.2 Å². The molecule has 1 aromatic heterocycles. The number of anilines is 2. The number of carbonyl (C=O) groups excluding carboxylic acids is 1. The lowest BCUT2D eigenvalue weighted by Gasteiger charge is -2.40. The Kier molecular flexibility index (Phi) is 5.31. The summed E-state index contributed by atoms with van der Waals surface area (Å²) in [5, 5.41) is 0.749. The van der Waals surface area contributed by atoms with Gasteiger partial charge in [0.15, 0.2) is 5.13 Å². The van der Waals surface area contributed by atoms with Gasteiger partial charge in [-0.05, 0) is 69.5 Å². The summed E-state index contributed by atoms with van der Waals surface area (Å²) in [6, 6.07) is 14.7. The number of benzene rings is 2. The summed E-state index contributed by atoms with van der Waals surface area (Å²) in [7, 11) is 0. The summed E-state index contributed by atoms with van der Waals surface area (Å²) in [6.07, 6.45) is 3.23. The van der Waals surface area contributed by atoms with Gasteiger partial charge in [0.1, 0.15) is 12.4 Å². The molecule has 1 saturated heterocycles. The number of fused-ring (bicyclic) bond motifs is 1. The summed E-state index contributed by atoms with van der Waals surface area (Å²) in [6.45, 7) is 4.43. The van der Waals surface area contributed by atoms with Gasteiger partial charge in [0.2, 0.25) is 5.91 Å². The van der Waals surface area contributed by atoms with Gasteiger partial charge in [0, 0.05) is 17.8 Å². The van der Waals surface area contributed by atoms with Crippen LogP contribution in [0.2, 0.25) is 0 Å². The van der Waals surface area contributed by atoms with Crippen LogP contribution in [-0.4, -0.2) is 34.4 Å². The molecule has 146 valence electrons. The third-order valence-electron chi connectivity index (χ3n) is 5.43. The maximum absolute atomic E-state index is 13.5. The minimum absolute atomic E-state index is 0.0864. The summed E-state index contributed by atoms with van der Waals surface area (Å²) < 4.78 is 14.5. The number of hydrogen-bond donors (Lipinski definition) is 0. The van der Waals surface area contributed by atoms with Crippen LogP contribution in [0, 0.1) is 5.82 Å². The monoisotopic (exact) mass is 397 g/mol. The van der Waals surface area contributed by atoms with Gasteiger partial charge in [-0.1, -0.05) is 23.5 Å². The zero-order chi connectivity index (χ0) is 19.7. The van der Waals surface area contributed by atoms with Gasteiger partial charge in [-0.25, -0.2) is 9.37 Å². The van der Waals surface area contributed by atoms with Crippen LogP contribution in [0.1, 0.15) is 33.1 Å². The quantitative estimate of drug-likeness (QED) is 0.594. The van der Waals surface area contributed by atoms with Gasteiger partial charge in [-0.3, -0.25) is 4.79 Å². The molecule has 0 bridgehead atoms. The van der Waals surface area contributed by atoms with Crippen molar-refractivity contribution in [1.82, 2.24) is 9.88 Å². The van der Waals surface area contributed by atoms with Crippen molar-refractivity contribution in [2.45, 2.75) is 45.2 Å². The lowest BCUT2D eigenvalue weighted by Crippen LogP contribution is -2.50. The standard InChI is InChI=1S/C22H24FN3OS/c1-15-6-5-7-16(2)26(15)21(27)14-25(18-12-10-17(23)11-13-18)22-24-19-8-3-4-9-20(19)28-22/h3-4,8-13,15-16H,5-7,14H2,1-2H3/t15-,16-/m1/s1. The number of nitrogens with zero attached hydrogens (tertiary/aromatic N) is 3. The molecule has 0 saturated carbocycles. The highest BCUT2D eigenvalue weighted by atomic mass is 32.1. The van der Waals surface area contributed by atoms with E-state index in [0.29, 0.717) is 0 Å². The van der Waals surface area contributed by atoms with Crippen molar-refractivity contribution >= 4 is 38.3 Å². The van der Waals surface area contributed by atoms with Gasteiger partial charge < -0.3 is 9.80 Å². The largest absolute Gasteiger partial charge is 0.336 e. The van der Waals surface area contributed by atoms with Gasteiger partial charge in [-0.2, -0.15) is 0 Å². The fourth-order valence-electron chi connectivity index (χ4n) is 4.00. The van der Waals surface area contributed by atoms with Crippen molar-refractivity contribution in [2.75, 3.05) is 11.4 Å². The molecule has 2 heterocycles. The molecule has 1 amide bonds. The van der Waals surface area contributed by atoms with Crippen molar-refractivity contribution < 1.29 is 9.18 Å². The first-order valence-corrected chi connectivity index (χ1v) is 10.5. The van der Waals surface area contributed by atoms with Crippen molar-refractivity contribution in [1.29, 1.82) is 0 Å². The van der Waals surface area contributed by atoms with Crippen LogP contribution in [0.25, 0.3) is 10.2 Å². The minimum Gasteiger partial charge on any atom is -0.336 e. The van der Waals surface area contributed by atoms with E-state index >= 15 is 0 Å². The zero-order valence-electron chi connectivity index (χ0n) is 16.1. The normalized spacial score (nSPS) is 19.8. The predicted octanol–water partition coefficient (Wildman–Crippen LogP) is 5.36. The van der Waals surface area contributed by atoms with E-state index in [1.807, 2.05) is 34.1 Å². The van der Waals surface area contributed by atoms with Gasteiger partial charge >= 0.3 is 0 Å². The Balaban J connectivity index is 1.68. The van der Waals surface area contributed by atoms with Gasteiger partial charge in [-0.15, -0.1) is 0 Å². The number of aromatic nitrogens is 1. The second-order valence-electron chi connectivity index (χ2n) is 7.46. The molecule has 4 nitrogen and oxygen atoms in total. The highest BCUT2D eigenvalue weighted by Crippen LogP contribution is 2.34. The van der Waals surface area contributed by atoms with E-state index in [1.54, 1.807) is 23.5 Å². The Morgan fingerprint density at radius 1 is 1.14 bits per heavy atom. The summed E-state index contributed by atoms with van der Waals surface area (Å²) >= 11 is 1.54. The summed E-state index contributed by atoms with van der Waals surface area (Å²) in [4.78, 5) is 21.9. The second kappa shape index (κ2) is 7.87. The zero-order valence-corrected chi connectivity index (χ0v) is 17.0. The molecular weight excluding hydrogens is 373 g/mol. The van der Waals surface area contributed by atoms with Gasteiger partial charge in [0.25, 0.3) is 0 Å². The third-order valence-corrected chi connectivity index (χ3v) is 6.49. The molecule has 4 rings (SSSR count). The van der Waals surface area contributed by atoms with Crippen LogP contribution in [0.15, 0.2) is 48.5 Å². The van der Waals surface area contributed by atoms with Gasteiger partial charge in [0.05, 0.1) is 10.2 Å². The Hall–Kier alpha value is -2.47. The molecule has 0 unspecified atom stereocenters. The van der Waals surface area contributed by atoms with Crippen molar-refractivity contribution in [3.05, 3.63) is 54.3 Å². The smallest absolute Gasteiger partial charge is 0.243 e. The fraction of sp³-hybridized carbons (Fsp3) is 0.364. The second-order valence-corrected chi connectivity index (χ2v) is 8.47. The van der Waals surface area contributed by atoms with E-state index in [9.17, 15) is 9.18 Å². The fourth-order valence-corrected chi connectivity index (χ4v) is 4.98. The number of hydrogen-bond acceptors (Lipinski definition) is 4. The van der Waals surface area contributed by atoms with Crippen LogP contribution in [0.5, 0.6) is 0 Å². The minimum atomic E-state index is -0.294. The maximum Gasteiger partial charge on any atom is 0.243 e. The van der Waals surface area contributed by atoms with Crippen LogP contribution in [0.3, 0.4) is 0 Å². The van der Waals surface area contributed by atoms with Crippen LogP contribution in [-0.2, 0) is 4.79 Å². The third kappa shape index (κ3) is 3.74. The lowest BCUT2D eigenvalue weighted by molar-refractivity contribution is -0.135. The molecular formula is C22H24FN3OS. The number of thiazole rings is 1. The first kappa shape index (κ1) is 18.9. The Morgan fingerprint density at radius 2 is 1.82 bits per heavy atom. The molecule has 0 spiro atoms. The molecule has 28 heavy (non-hydrogen) atoms. The first-order valence-electron chi connectivity index (χ1n) is 9.73. The van der Waals surface area contributed by atoms with Crippen molar-refractivity contribution in [3.63, 3.8) is 0 Å². The summed E-state index contributed by atoms with van der Waals surface area (Å²) in [5.74, 6) is -0.208. The number of piperidine rings is 1. The number of amides is 1.